The predicted molar refractivity (Wildman–Crippen MR) is 110 cm³/mol. The van der Waals surface area contributed by atoms with E-state index < -0.39 is 11.8 Å². The number of benzene rings is 2. The van der Waals surface area contributed by atoms with Crippen LogP contribution in [0.3, 0.4) is 0 Å². The summed E-state index contributed by atoms with van der Waals surface area (Å²) < 4.78 is 5.24. The van der Waals surface area contributed by atoms with E-state index in [9.17, 15) is 9.59 Å². The van der Waals surface area contributed by atoms with E-state index in [1.807, 2.05) is 13.0 Å². The van der Waals surface area contributed by atoms with Gasteiger partial charge < -0.3 is 4.74 Å². The first-order valence-electron chi connectivity index (χ1n) is 8.14. The Morgan fingerprint density at radius 2 is 1.93 bits per heavy atom. The van der Waals surface area contributed by atoms with Crippen molar-refractivity contribution in [2.75, 3.05) is 12.0 Å². The number of amides is 2. The molecule has 27 heavy (non-hydrogen) atoms. The molecular weight excluding hydrogens is 384 g/mol. The largest absolute Gasteiger partial charge is 0.496 e. The number of anilines is 1. The van der Waals surface area contributed by atoms with E-state index in [2.05, 4.69) is 5.32 Å². The molecule has 2 amide bonds. The van der Waals surface area contributed by atoms with Crippen LogP contribution in [0.25, 0.3) is 6.08 Å². The second-order valence-electron chi connectivity index (χ2n) is 6.07. The molecule has 0 unspecified atom stereocenters. The van der Waals surface area contributed by atoms with Crippen LogP contribution in [0.4, 0.5) is 5.69 Å². The van der Waals surface area contributed by atoms with Crippen LogP contribution in [0.2, 0.25) is 5.02 Å². The van der Waals surface area contributed by atoms with E-state index in [0.717, 1.165) is 11.3 Å². The van der Waals surface area contributed by atoms with Crippen molar-refractivity contribution in [3.63, 3.8) is 0 Å². The SMILES string of the molecule is COc1ccc(C=C2C(=O)NC(=S)N(c3cccc(Cl)c3C)C2=O)cc1C. The molecule has 3 rings (SSSR count). The molecule has 1 aliphatic heterocycles. The number of ether oxygens (including phenoxy) is 1. The zero-order valence-corrected chi connectivity index (χ0v) is 16.6. The minimum atomic E-state index is -0.533. The van der Waals surface area contributed by atoms with Crippen molar-refractivity contribution >= 4 is 52.5 Å². The van der Waals surface area contributed by atoms with E-state index in [0.29, 0.717) is 21.8 Å². The van der Waals surface area contributed by atoms with Gasteiger partial charge in [0.15, 0.2) is 5.11 Å². The molecular formula is C20H17ClN2O3S. The summed E-state index contributed by atoms with van der Waals surface area (Å²) in [5.41, 5.74) is 2.84. The summed E-state index contributed by atoms with van der Waals surface area (Å²) in [5, 5.41) is 3.11. The van der Waals surface area contributed by atoms with Gasteiger partial charge in [0.1, 0.15) is 11.3 Å². The normalized spacial score (nSPS) is 15.9. The quantitative estimate of drug-likeness (QED) is 0.483. The molecule has 2 aromatic rings. The smallest absolute Gasteiger partial charge is 0.270 e. The van der Waals surface area contributed by atoms with E-state index in [1.54, 1.807) is 50.4 Å². The number of halogens is 1. The number of aryl methyl sites for hydroxylation is 1. The summed E-state index contributed by atoms with van der Waals surface area (Å²) in [6, 6.07) is 10.6. The van der Waals surface area contributed by atoms with Gasteiger partial charge in [-0.3, -0.25) is 19.8 Å². The molecule has 5 nitrogen and oxygen atoms in total. The Hall–Kier alpha value is -2.70. The van der Waals surface area contributed by atoms with Crippen molar-refractivity contribution < 1.29 is 14.3 Å². The maximum Gasteiger partial charge on any atom is 0.270 e. The average Bonchev–Trinajstić information content (AvgIpc) is 2.62. The highest BCUT2D eigenvalue weighted by Gasteiger charge is 2.35. The molecule has 0 aromatic heterocycles. The summed E-state index contributed by atoms with van der Waals surface area (Å²) in [6.45, 7) is 3.68. The number of nitrogens with one attached hydrogen (secondary N) is 1. The molecule has 1 heterocycles. The van der Waals surface area contributed by atoms with Crippen molar-refractivity contribution in [1.29, 1.82) is 0 Å². The lowest BCUT2D eigenvalue weighted by Gasteiger charge is -2.30. The second kappa shape index (κ2) is 7.50. The van der Waals surface area contributed by atoms with Crippen molar-refractivity contribution in [1.82, 2.24) is 5.32 Å². The number of hydrogen-bond acceptors (Lipinski definition) is 4. The second-order valence-corrected chi connectivity index (χ2v) is 6.86. The summed E-state index contributed by atoms with van der Waals surface area (Å²) in [7, 11) is 1.59. The Morgan fingerprint density at radius 3 is 2.59 bits per heavy atom. The molecule has 0 atom stereocenters. The van der Waals surface area contributed by atoms with Crippen LogP contribution in [0.15, 0.2) is 42.0 Å². The van der Waals surface area contributed by atoms with Crippen LogP contribution >= 0.6 is 23.8 Å². The minimum Gasteiger partial charge on any atom is -0.496 e. The molecule has 1 fully saturated rings. The van der Waals surface area contributed by atoms with Gasteiger partial charge in [0, 0.05) is 5.02 Å². The van der Waals surface area contributed by atoms with Crippen LogP contribution < -0.4 is 15.0 Å². The van der Waals surface area contributed by atoms with Crippen molar-refractivity contribution in [2.24, 2.45) is 0 Å². The monoisotopic (exact) mass is 400 g/mol. The van der Waals surface area contributed by atoms with Gasteiger partial charge in [-0.1, -0.05) is 23.7 Å². The van der Waals surface area contributed by atoms with Crippen LogP contribution in [0.5, 0.6) is 5.75 Å². The fraction of sp³-hybridized carbons (Fsp3) is 0.150. The molecule has 138 valence electrons. The lowest BCUT2D eigenvalue weighted by atomic mass is 10.0. The first-order chi connectivity index (χ1) is 12.8. The molecule has 1 saturated heterocycles. The fourth-order valence-corrected chi connectivity index (χ4v) is 3.32. The van der Waals surface area contributed by atoms with Gasteiger partial charge >= 0.3 is 0 Å². The van der Waals surface area contributed by atoms with Crippen molar-refractivity contribution in [3.8, 4) is 5.75 Å². The molecule has 1 aliphatic rings. The highest BCUT2D eigenvalue weighted by Crippen LogP contribution is 2.30. The Balaban J connectivity index is 2.05. The van der Waals surface area contributed by atoms with Gasteiger partial charge in [-0.05, 0) is 73.1 Å². The van der Waals surface area contributed by atoms with E-state index in [1.165, 1.54) is 4.90 Å². The average molecular weight is 401 g/mol. The van der Waals surface area contributed by atoms with Crippen molar-refractivity contribution in [2.45, 2.75) is 13.8 Å². The number of thiocarbonyl (C=S) groups is 1. The van der Waals surface area contributed by atoms with Gasteiger partial charge in [-0.25, -0.2) is 0 Å². The zero-order valence-electron chi connectivity index (χ0n) is 15.0. The van der Waals surface area contributed by atoms with Crippen LogP contribution in [-0.4, -0.2) is 24.0 Å². The van der Waals surface area contributed by atoms with E-state index in [4.69, 9.17) is 28.6 Å². The van der Waals surface area contributed by atoms with Gasteiger partial charge in [-0.2, -0.15) is 0 Å². The minimum absolute atomic E-state index is 0.00691. The lowest BCUT2D eigenvalue weighted by Crippen LogP contribution is -2.54. The maximum absolute atomic E-state index is 13.1. The fourth-order valence-electron chi connectivity index (χ4n) is 2.87. The summed E-state index contributed by atoms with van der Waals surface area (Å²) in [6.07, 6.45) is 1.54. The Labute approximate surface area is 167 Å². The lowest BCUT2D eigenvalue weighted by molar-refractivity contribution is -0.122. The molecule has 0 bridgehead atoms. The number of carbonyl (C=O) groups is 2. The van der Waals surface area contributed by atoms with Crippen LogP contribution in [0.1, 0.15) is 16.7 Å². The van der Waals surface area contributed by atoms with Gasteiger partial charge in [-0.15, -0.1) is 0 Å². The Morgan fingerprint density at radius 1 is 1.19 bits per heavy atom. The first kappa shape index (κ1) is 19.1. The number of carbonyl (C=O) groups excluding carboxylic acids is 2. The highest BCUT2D eigenvalue weighted by molar-refractivity contribution is 7.80. The summed E-state index contributed by atoms with van der Waals surface area (Å²) in [5.74, 6) is -0.300. The molecule has 0 radical (unpaired) electrons. The Kier molecular flexibility index (Phi) is 5.30. The third kappa shape index (κ3) is 3.59. The zero-order chi connectivity index (χ0) is 19.7. The number of nitrogens with zero attached hydrogens (tertiary/aromatic N) is 1. The van der Waals surface area contributed by atoms with E-state index >= 15 is 0 Å². The third-order valence-corrected chi connectivity index (χ3v) is 5.01. The number of methoxy groups -OCH3 is 1. The highest BCUT2D eigenvalue weighted by atomic mass is 35.5. The number of hydrogen-bond donors (Lipinski definition) is 1. The molecule has 1 N–H and O–H groups in total. The van der Waals surface area contributed by atoms with Gasteiger partial charge in [0.2, 0.25) is 0 Å². The molecule has 7 heteroatoms. The number of rotatable bonds is 3. The predicted octanol–water partition coefficient (Wildman–Crippen LogP) is 3.80. The topological polar surface area (TPSA) is 58.6 Å². The molecule has 0 aliphatic carbocycles. The summed E-state index contributed by atoms with van der Waals surface area (Å²) >= 11 is 11.4. The molecule has 0 saturated carbocycles. The van der Waals surface area contributed by atoms with Crippen molar-refractivity contribution in [3.05, 3.63) is 63.7 Å². The van der Waals surface area contributed by atoms with E-state index in [-0.39, 0.29) is 10.7 Å². The third-order valence-electron chi connectivity index (χ3n) is 4.31. The maximum atomic E-state index is 13.1. The molecule has 2 aromatic carbocycles. The molecule has 0 spiro atoms. The summed E-state index contributed by atoms with van der Waals surface area (Å²) in [4.78, 5) is 26.7. The standard InChI is InChI=1S/C20H17ClN2O3S/c1-11-9-13(7-8-17(11)26-3)10-14-18(24)22-20(27)23(19(14)25)16-6-4-5-15(21)12(16)2/h4-10H,1-3H3,(H,22,24,27). The Bertz CT molecular complexity index is 1000. The van der Waals surface area contributed by atoms with Crippen LogP contribution in [-0.2, 0) is 9.59 Å². The van der Waals surface area contributed by atoms with Crippen LogP contribution in [0, 0.1) is 13.8 Å². The first-order valence-corrected chi connectivity index (χ1v) is 8.93. The van der Waals surface area contributed by atoms with Gasteiger partial charge in [0.25, 0.3) is 11.8 Å². The van der Waals surface area contributed by atoms with Gasteiger partial charge in [0.05, 0.1) is 12.8 Å².